The minimum Gasteiger partial charge on any atom is -0.374 e. The third kappa shape index (κ3) is 2.78. The SMILES string of the molecule is CCNC(C1CCC1)C(CC)(CC)OCC. The summed E-state index contributed by atoms with van der Waals surface area (Å²) in [5.74, 6) is 0.839. The predicted molar refractivity (Wildman–Crippen MR) is 69.7 cm³/mol. The van der Waals surface area contributed by atoms with E-state index in [1.165, 1.54) is 19.3 Å². The van der Waals surface area contributed by atoms with Gasteiger partial charge in [0.15, 0.2) is 0 Å². The summed E-state index contributed by atoms with van der Waals surface area (Å²) in [4.78, 5) is 0. The van der Waals surface area contributed by atoms with Crippen molar-refractivity contribution in [3.8, 4) is 0 Å². The molecule has 0 radical (unpaired) electrons. The van der Waals surface area contributed by atoms with Gasteiger partial charge in [0.05, 0.1) is 5.60 Å². The Kier molecular flexibility index (Phi) is 5.77. The molecule has 1 N–H and O–H groups in total. The summed E-state index contributed by atoms with van der Waals surface area (Å²) in [6.07, 6.45) is 6.40. The standard InChI is InChI=1S/C14H29NO/c1-5-14(6-2,16-8-4)13(15-7-3)12-10-9-11-12/h12-13,15H,5-11H2,1-4H3. The molecule has 1 aliphatic rings. The van der Waals surface area contributed by atoms with Crippen molar-refractivity contribution in [1.29, 1.82) is 0 Å². The first-order valence-electron chi connectivity index (χ1n) is 7.11. The fourth-order valence-corrected chi connectivity index (χ4v) is 3.05. The number of hydrogen-bond donors (Lipinski definition) is 1. The molecule has 0 aliphatic heterocycles. The van der Waals surface area contributed by atoms with E-state index < -0.39 is 0 Å². The van der Waals surface area contributed by atoms with Gasteiger partial charge in [-0.15, -0.1) is 0 Å². The summed E-state index contributed by atoms with van der Waals surface area (Å²) in [6.45, 7) is 10.7. The molecule has 1 unspecified atom stereocenters. The Labute approximate surface area is 101 Å². The first kappa shape index (κ1) is 14.0. The molecule has 0 aromatic heterocycles. The maximum Gasteiger partial charge on any atom is 0.0832 e. The fourth-order valence-electron chi connectivity index (χ4n) is 3.05. The van der Waals surface area contributed by atoms with Crippen molar-refractivity contribution >= 4 is 0 Å². The van der Waals surface area contributed by atoms with Gasteiger partial charge < -0.3 is 10.1 Å². The quantitative estimate of drug-likeness (QED) is 0.686. The topological polar surface area (TPSA) is 21.3 Å². The summed E-state index contributed by atoms with van der Waals surface area (Å²) in [5, 5.41) is 3.69. The van der Waals surface area contributed by atoms with Crippen molar-refractivity contribution in [1.82, 2.24) is 5.32 Å². The lowest BCUT2D eigenvalue weighted by molar-refractivity contribution is -0.0933. The number of rotatable bonds is 8. The summed E-state index contributed by atoms with van der Waals surface area (Å²) in [7, 11) is 0. The minimum atomic E-state index is 0.0653. The molecule has 0 bridgehead atoms. The summed E-state index contributed by atoms with van der Waals surface area (Å²) in [6, 6.07) is 0.557. The van der Waals surface area contributed by atoms with Crippen LogP contribution in [0.25, 0.3) is 0 Å². The lowest BCUT2D eigenvalue weighted by Gasteiger charge is -2.46. The van der Waals surface area contributed by atoms with Gasteiger partial charge in [-0.05, 0) is 45.1 Å². The van der Waals surface area contributed by atoms with Crippen LogP contribution in [0.5, 0.6) is 0 Å². The van der Waals surface area contributed by atoms with Gasteiger partial charge in [0.2, 0.25) is 0 Å². The van der Waals surface area contributed by atoms with E-state index >= 15 is 0 Å². The van der Waals surface area contributed by atoms with E-state index in [-0.39, 0.29) is 5.60 Å². The second-order valence-electron chi connectivity index (χ2n) is 4.93. The molecule has 0 heterocycles. The highest BCUT2D eigenvalue weighted by molar-refractivity contribution is 4.98. The van der Waals surface area contributed by atoms with E-state index in [9.17, 15) is 0 Å². The van der Waals surface area contributed by atoms with Gasteiger partial charge in [0.25, 0.3) is 0 Å². The minimum absolute atomic E-state index is 0.0653. The van der Waals surface area contributed by atoms with Crippen molar-refractivity contribution in [3.63, 3.8) is 0 Å². The third-order valence-corrected chi connectivity index (χ3v) is 4.24. The summed E-state index contributed by atoms with van der Waals surface area (Å²) < 4.78 is 6.14. The first-order chi connectivity index (χ1) is 7.74. The predicted octanol–water partition coefficient (Wildman–Crippen LogP) is 3.36. The molecule has 0 spiro atoms. The van der Waals surface area contributed by atoms with Crippen LogP contribution in [0.4, 0.5) is 0 Å². The zero-order valence-corrected chi connectivity index (χ0v) is 11.5. The molecule has 2 nitrogen and oxygen atoms in total. The lowest BCUT2D eigenvalue weighted by atomic mass is 9.71. The Morgan fingerprint density at radius 1 is 1.19 bits per heavy atom. The van der Waals surface area contributed by atoms with Crippen molar-refractivity contribution < 1.29 is 4.74 Å². The Morgan fingerprint density at radius 3 is 2.12 bits per heavy atom. The second kappa shape index (κ2) is 6.61. The van der Waals surface area contributed by atoms with Gasteiger partial charge in [0.1, 0.15) is 0 Å². The molecule has 1 atom stereocenters. The second-order valence-corrected chi connectivity index (χ2v) is 4.93. The van der Waals surface area contributed by atoms with E-state index in [4.69, 9.17) is 4.74 Å². The van der Waals surface area contributed by atoms with Crippen LogP contribution in [0.3, 0.4) is 0 Å². The largest absolute Gasteiger partial charge is 0.374 e. The maximum absolute atomic E-state index is 6.14. The summed E-state index contributed by atoms with van der Waals surface area (Å²) in [5.41, 5.74) is 0.0653. The van der Waals surface area contributed by atoms with Gasteiger partial charge in [-0.25, -0.2) is 0 Å². The van der Waals surface area contributed by atoms with Gasteiger partial charge in [-0.1, -0.05) is 27.2 Å². The monoisotopic (exact) mass is 227 g/mol. The van der Waals surface area contributed by atoms with E-state index in [0.29, 0.717) is 6.04 Å². The number of hydrogen-bond acceptors (Lipinski definition) is 2. The summed E-state index contributed by atoms with van der Waals surface area (Å²) >= 11 is 0. The van der Waals surface area contributed by atoms with Crippen LogP contribution in [0.2, 0.25) is 0 Å². The van der Waals surface area contributed by atoms with Crippen LogP contribution in [0.15, 0.2) is 0 Å². The molecule has 1 fully saturated rings. The zero-order valence-electron chi connectivity index (χ0n) is 11.5. The lowest BCUT2D eigenvalue weighted by Crippen LogP contribution is -2.57. The van der Waals surface area contributed by atoms with Crippen molar-refractivity contribution in [2.24, 2.45) is 5.92 Å². The molecule has 96 valence electrons. The van der Waals surface area contributed by atoms with Crippen LogP contribution in [0.1, 0.15) is 59.8 Å². The fraction of sp³-hybridized carbons (Fsp3) is 1.00. The molecule has 0 aromatic rings. The van der Waals surface area contributed by atoms with E-state index in [2.05, 4.69) is 33.0 Å². The molecule has 1 saturated carbocycles. The van der Waals surface area contributed by atoms with Gasteiger partial charge in [0, 0.05) is 12.6 Å². The van der Waals surface area contributed by atoms with E-state index in [0.717, 1.165) is 31.9 Å². The zero-order chi connectivity index (χ0) is 12.0. The van der Waals surface area contributed by atoms with Crippen LogP contribution in [-0.2, 0) is 4.74 Å². The number of ether oxygens (including phenoxy) is 1. The smallest absolute Gasteiger partial charge is 0.0832 e. The Bertz CT molecular complexity index is 185. The van der Waals surface area contributed by atoms with Crippen LogP contribution >= 0.6 is 0 Å². The highest BCUT2D eigenvalue weighted by Gasteiger charge is 2.42. The molecule has 0 amide bonds. The van der Waals surface area contributed by atoms with Gasteiger partial charge >= 0.3 is 0 Å². The molecule has 1 rings (SSSR count). The normalized spacial score (nSPS) is 19.5. The first-order valence-corrected chi connectivity index (χ1v) is 7.11. The molecule has 2 heteroatoms. The van der Waals surface area contributed by atoms with E-state index in [1.807, 2.05) is 0 Å². The highest BCUT2D eigenvalue weighted by Crippen LogP contribution is 2.38. The van der Waals surface area contributed by atoms with Gasteiger partial charge in [-0.3, -0.25) is 0 Å². The van der Waals surface area contributed by atoms with Crippen molar-refractivity contribution in [2.45, 2.75) is 71.4 Å². The number of likely N-dealkylation sites (N-methyl/N-ethyl adjacent to an activating group) is 1. The van der Waals surface area contributed by atoms with Crippen molar-refractivity contribution in [2.75, 3.05) is 13.2 Å². The van der Waals surface area contributed by atoms with Gasteiger partial charge in [-0.2, -0.15) is 0 Å². The molecule has 1 aliphatic carbocycles. The average Bonchev–Trinajstić information content (AvgIpc) is 2.23. The van der Waals surface area contributed by atoms with E-state index in [1.54, 1.807) is 0 Å². The third-order valence-electron chi connectivity index (χ3n) is 4.24. The number of nitrogens with one attached hydrogen (secondary N) is 1. The molecular formula is C14H29NO. The average molecular weight is 227 g/mol. The highest BCUT2D eigenvalue weighted by atomic mass is 16.5. The Hall–Kier alpha value is -0.0800. The maximum atomic E-state index is 6.14. The van der Waals surface area contributed by atoms with Crippen molar-refractivity contribution in [3.05, 3.63) is 0 Å². The molecule has 0 saturated heterocycles. The van der Waals surface area contributed by atoms with Crippen LogP contribution < -0.4 is 5.32 Å². The molecule has 16 heavy (non-hydrogen) atoms. The molecular weight excluding hydrogens is 198 g/mol. The Morgan fingerprint density at radius 2 is 1.81 bits per heavy atom. The van der Waals surface area contributed by atoms with Crippen LogP contribution in [0, 0.1) is 5.92 Å². The molecule has 0 aromatic carbocycles. The van der Waals surface area contributed by atoms with Crippen LogP contribution in [-0.4, -0.2) is 24.8 Å². The Balaban J connectivity index is 2.75.